The van der Waals surface area contributed by atoms with Crippen LogP contribution in [0, 0.1) is 6.92 Å². The number of carbonyl (C=O) groups is 1. The summed E-state index contributed by atoms with van der Waals surface area (Å²) in [6, 6.07) is 22.1. The van der Waals surface area contributed by atoms with Crippen LogP contribution in [0.15, 0.2) is 83.9 Å². The summed E-state index contributed by atoms with van der Waals surface area (Å²) < 4.78 is 0.968. The lowest BCUT2D eigenvalue weighted by Gasteiger charge is -2.10. The molecule has 0 radical (unpaired) electrons. The topological polar surface area (TPSA) is 29.1 Å². The highest BCUT2D eigenvalue weighted by Crippen LogP contribution is 2.24. The van der Waals surface area contributed by atoms with E-state index in [0.29, 0.717) is 5.56 Å². The largest absolute Gasteiger partial charge is 0.312 e. The molecule has 0 fully saturated rings. The number of ketones is 1. The number of benzene rings is 3. The monoisotopic (exact) mass is 433 g/mol. The summed E-state index contributed by atoms with van der Waals surface area (Å²) in [5.41, 5.74) is 5.96. The van der Waals surface area contributed by atoms with E-state index in [-0.39, 0.29) is 5.78 Å². The van der Waals surface area contributed by atoms with E-state index in [9.17, 15) is 4.79 Å². The molecule has 0 amide bonds. The Morgan fingerprint density at radius 2 is 1.68 bits per heavy atom. The lowest BCUT2D eigenvalue weighted by molar-refractivity contribution is 0.103. The van der Waals surface area contributed by atoms with Crippen LogP contribution in [0.5, 0.6) is 0 Å². The van der Waals surface area contributed by atoms with E-state index in [2.05, 4.69) is 58.2 Å². The molecule has 0 bridgehead atoms. The molecule has 3 rings (SSSR count). The molecule has 0 spiro atoms. The number of carbonyl (C=O) groups excluding carboxylic acids is 1. The van der Waals surface area contributed by atoms with Gasteiger partial charge in [0.25, 0.3) is 0 Å². The highest BCUT2D eigenvalue weighted by Gasteiger charge is 2.12. The fourth-order valence-electron chi connectivity index (χ4n) is 3.11. The first-order chi connectivity index (χ1) is 13.6. The number of hydrogen-bond donors (Lipinski definition) is 1. The molecule has 0 atom stereocenters. The third kappa shape index (κ3) is 5.06. The molecule has 0 unspecified atom stereocenters. The van der Waals surface area contributed by atoms with Gasteiger partial charge >= 0.3 is 0 Å². The van der Waals surface area contributed by atoms with Crippen LogP contribution >= 0.6 is 15.9 Å². The van der Waals surface area contributed by atoms with Crippen LogP contribution in [0.1, 0.15) is 33.5 Å². The Balaban J connectivity index is 1.74. The van der Waals surface area contributed by atoms with Gasteiger partial charge in [0.05, 0.1) is 0 Å². The van der Waals surface area contributed by atoms with Gasteiger partial charge in [0.1, 0.15) is 0 Å². The average molecular weight is 434 g/mol. The van der Waals surface area contributed by atoms with E-state index in [4.69, 9.17) is 0 Å². The van der Waals surface area contributed by atoms with Gasteiger partial charge in [-0.05, 0) is 66.4 Å². The predicted octanol–water partition coefficient (Wildman–Crippen LogP) is 6.32. The zero-order valence-corrected chi connectivity index (χ0v) is 17.6. The molecule has 0 saturated heterocycles. The fraction of sp³-hybridized carbons (Fsp3) is 0.160. The minimum absolute atomic E-state index is 0.0532. The van der Waals surface area contributed by atoms with Gasteiger partial charge in [0.2, 0.25) is 0 Å². The van der Waals surface area contributed by atoms with Crippen molar-refractivity contribution in [2.24, 2.45) is 0 Å². The Kier molecular flexibility index (Phi) is 6.96. The van der Waals surface area contributed by atoms with E-state index >= 15 is 0 Å². The summed E-state index contributed by atoms with van der Waals surface area (Å²) in [7, 11) is 0. The number of hydrogen-bond acceptors (Lipinski definition) is 2. The van der Waals surface area contributed by atoms with Crippen LogP contribution in [0.25, 0.3) is 11.1 Å². The highest BCUT2D eigenvalue weighted by atomic mass is 79.9. The van der Waals surface area contributed by atoms with Gasteiger partial charge in [-0.1, -0.05) is 64.5 Å². The summed E-state index contributed by atoms with van der Waals surface area (Å²) >= 11 is 3.41. The maximum atomic E-state index is 12.8. The van der Waals surface area contributed by atoms with E-state index in [1.54, 1.807) is 0 Å². The SMILES string of the molecule is C=CCCNCc1ccc(-c2ccc(C(=O)c3ccc(Br)cc3)c(C)c2)cc1. The molecule has 0 aliphatic carbocycles. The third-order valence-corrected chi connectivity index (χ3v) is 5.25. The number of rotatable bonds is 8. The van der Waals surface area contributed by atoms with Gasteiger partial charge < -0.3 is 5.32 Å². The predicted molar refractivity (Wildman–Crippen MR) is 121 cm³/mol. The summed E-state index contributed by atoms with van der Waals surface area (Å²) in [5.74, 6) is 0.0532. The second-order valence-corrected chi connectivity index (χ2v) is 7.73. The van der Waals surface area contributed by atoms with Crippen molar-refractivity contribution in [3.8, 4) is 11.1 Å². The number of aryl methyl sites for hydroxylation is 1. The van der Waals surface area contributed by atoms with Crippen LogP contribution in [0.4, 0.5) is 0 Å². The first kappa shape index (κ1) is 20.2. The summed E-state index contributed by atoms with van der Waals surface area (Å²) in [4.78, 5) is 12.8. The molecule has 1 N–H and O–H groups in total. The molecular weight excluding hydrogens is 410 g/mol. The molecule has 3 heteroatoms. The quantitative estimate of drug-likeness (QED) is 0.255. The lowest BCUT2D eigenvalue weighted by atomic mass is 9.95. The van der Waals surface area contributed by atoms with Crippen LogP contribution in [0.2, 0.25) is 0 Å². The van der Waals surface area contributed by atoms with Crippen molar-refractivity contribution in [1.29, 1.82) is 0 Å². The van der Waals surface area contributed by atoms with Crippen molar-refractivity contribution in [3.63, 3.8) is 0 Å². The zero-order valence-electron chi connectivity index (χ0n) is 16.0. The van der Waals surface area contributed by atoms with E-state index in [1.165, 1.54) is 5.56 Å². The van der Waals surface area contributed by atoms with Crippen molar-refractivity contribution in [2.75, 3.05) is 6.54 Å². The standard InChI is InChI=1S/C25H24BrNO/c1-3-4-15-27-17-19-5-7-20(8-6-19)22-11-14-24(18(2)16-22)25(28)21-9-12-23(26)13-10-21/h3,5-14,16,27H,1,4,15,17H2,2H3. The minimum atomic E-state index is 0.0532. The fourth-order valence-corrected chi connectivity index (χ4v) is 3.37. The number of nitrogens with one attached hydrogen (secondary N) is 1. The second-order valence-electron chi connectivity index (χ2n) is 6.82. The summed E-state index contributed by atoms with van der Waals surface area (Å²) in [5, 5.41) is 3.40. The van der Waals surface area contributed by atoms with E-state index in [1.807, 2.05) is 49.4 Å². The van der Waals surface area contributed by atoms with Gasteiger partial charge in [0.15, 0.2) is 5.78 Å². The van der Waals surface area contributed by atoms with Crippen molar-refractivity contribution < 1.29 is 4.79 Å². The van der Waals surface area contributed by atoms with Crippen LogP contribution in [-0.4, -0.2) is 12.3 Å². The Morgan fingerprint density at radius 1 is 1.00 bits per heavy atom. The Hall–Kier alpha value is -2.49. The third-order valence-electron chi connectivity index (χ3n) is 4.72. The Labute approximate surface area is 175 Å². The van der Waals surface area contributed by atoms with Crippen LogP contribution in [0.3, 0.4) is 0 Å². The van der Waals surface area contributed by atoms with Crippen molar-refractivity contribution >= 4 is 21.7 Å². The Bertz CT molecular complexity index is 959. The molecule has 3 aromatic rings. The maximum absolute atomic E-state index is 12.8. The van der Waals surface area contributed by atoms with E-state index in [0.717, 1.165) is 46.2 Å². The first-order valence-corrected chi connectivity index (χ1v) is 10.2. The molecule has 142 valence electrons. The summed E-state index contributed by atoms with van der Waals surface area (Å²) in [6.45, 7) is 7.52. The maximum Gasteiger partial charge on any atom is 0.193 e. The van der Waals surface area contributed by atoms with Crippen LogP contribution < -0.4 is 5.32 Å². The first-order valence-electron chi connectivity index (χ1n) is 9.40. The summed E-state index contributed by atoms with van der Waals surface area (Å²) in [6.07, 6.45) is 2.90. The molecule has 28 heavy (non-hydrogen) atoms. The molecule has 2 nitrogen and oxygen atoms in total. The highest BCUT2D eigenvalue weighted by molar-refractivity contribution is 9.10. The molecular formula is C25H24BrNO. The Morgan fingerprint density at radius 3 is 2.32 bits per heavy atom. The minimum Gasteiger partial charge on any atom is -0.312 e. The molecule has 3 aromatic carbocycles. The normalized spacial score (nSPS) is 10.6. The van der Waals surface area contributed by atoms with Crippen LogP contribution in [-0.2, 0) is 6.54 Å². The molecule has 0 heterocycles. The lowest BCUT2D eigenvalue weighted by Crippen LogP contribution is -2.13. The van der Waals surface area contributed by atoms with Gasteiger partial charge in [0, 0.05) is 22.1 Å². The smallest absolute Gasteiger partial charge is 0.193 e. The molecule has 0 aromatic heterocycles. The van der Waals surface area contributed by atoms with Gasteiger partial charge in [-0.15, -0.1) is 6.58 Å². The second kappa shape index (κ2) is 9.63. The number of halogens is 1. The van der Waals surface area contributed by atoms with Gasteiger partial charge in [-0.25, -0.2) is 0 Å². The molecule has 0 aliphatic rings. The van der Waals surface area contributed by atoms with E-state index < -0.39 is 0 Å². The zero-order chi connectivity index (χ0) is 19.9. The molecule has 0 saturated carbocycles. The van der Waals surface area contributed by atoms with Crippen molar-refractivity contribution in [2.45, 2.75) is 19.9 Å². The van der Waals surface area contributed by atoms with Gasteiger partial charge in [-0.2, -0.15) is 0 Å². The van der Waals surface area contributed by atoms with Gasteiger partial charge in [-0.3, -0.25) is 4.79 Å². The average Bonchev–Trinajstić information content (AvgIpc) is 2.72. The van der Waals surface area contributed by atoms with Crippen molar-refractivity contribution in [3.05, 3.63) is 106 Å². The van der Waals surface area contributed by atoms with Crippen molar-refractivity contribution in [1.82, 2.24) is 5.32 Å². The molecule has 0 aliphatic heterocycles.